The zero-order valence-corrected chi connectivity index (χ0v) is 32.2. The van der Waals surface area contributed by atoms with Gasteiger partial charge in [0.2, 0.25) is 0 Å². The minimum absolute atomic E-state index is 0.305. The molecule has 324 valence electrons. The number of carboxylic acid groups (broad SMARTS) is 2. The summed E-state index contributed by atoms with van der Waals surface area (Å²) in [6, 6.07) is 26.6. The van der Waals surface area contributed by atoms with Gasteiger partial charge in [0.05, 0.1) is 34.1 Å². The molecule has 0 spiro atoms. The topological polar surface area (TPSA) is 74.6 Å². The number of aliphatic carboxylic acids is 2. The van der Waals surface area contributed by atoms with E-state index in [9.17, 15) is 67.4 Å². The first-order chi connectivity index (χ1) is 28.7. The molecule has 2 N–H and O–H groups in total. The van der Waals surface area contributed by atoms with Crippen LogP contribution < -0.4 is 0 Å². The molecule has 6 aromatic rings. The van der Waals surface area contributed by atoms with Crippen molar-refractivity contribution in [3.8, 4) is 44.5 Å². The summed E-state index contributed by atoms with van der Waals surface area (Å²) in [7, 11) is 0. The van der Waals surface area contributed by atoms with Crippen molar-refractivity contribution in [2.45, 2.75) is 50.4 Å². The predicted molar refractivity (Wildman–Crippen MR) is 207 cm³/mol. The standard InChI is InChI=1S/C24H18F6O2.C22H14F6O2/c1-22(2,21(31)32)18-11-12-19(14-3-7-16(8-4-14)23(25,26)27)20(13-18)15-5-9-17(10-6-15)24(28,29)30;23-21(24,25)16-6-2-14(3-7-16)18-10-1-13(12-20(29)30)11-19(18)15-4-8-17(9-5-15)22(26,27)28/h3-13H,1-2H3,(H,31,32);1-11H,12H2,(H,29,30). The lowest BCUT2D eigenvalue weighted by Gasteiger charge is -2.22. The van der Waals surface area contributed by atoms with Crippen LogP contribution in [-0.4, -0.2) is 22.2 Å². The summed E-state index contributed by atoms with van der Waals surface area (Å²) in [6.07, 6.45) is -18.4. The average Bonchev–Trinajstić information content (AvgIpc) is 3.19. The molecule has 0 fully saturated rings. The maximum absolute atomic E-state index is 13.0. The molecule has 0 atom stereocenters. The van der Waals surface area contributed by atoms with E-state index in [1.807, 2.05) is 0 Å². The molecule has 0 saturated carbocycles. The molecule has 16 heteroatoms. The third kappa shape index (κ3) is 11.0. The molecule has 6 aromatic carbocycles. The second-order valence-electron chi connectivity index (χ2n) is 14.4. The maximum Gasteiger partial charge on any atom is 0.416 e. The van der Waals surface area contributed by atoms with Crippen molar-refractivity contribution >= 4 is 11.9 Å². The van der Waals surface area contributed by atoms with Crippen molar-refractivity contribution in [1.82, 2.24) is 0 Å². The first kappa shape index (κ1) is 46.5. The normalized spacial score (nSPS) is 12.4. The van der Waals surface area contributed by atoms with Crippen LogP contribution in [0.25, 0.3) is 44.5 Å². The summed E-state index contributed by atoms with van der Waals surface area (Å²) in [5.41, 5.74) is -0.501. The molecule has 0 unspecified atom stereocenters. The van der Waals surface area contributed by atoms with Gasteiger partial charge in [0.15, 0.2) is 0 Å². The Labute approximate surface area is 345 Å². The molecule has 0 aliphatic rings. The van der Waals surface area contributed by atoms with E-state index >= 15 is 0 Å². The first-order valence-corrected chi connectivity index (χ1v) is 18.1. The smallest absolute Gasteiger partial charge is 0.416 e. The van der Waals surface area contributed by atoms with Gasteiger partial charge in [-0.15, -0.1) is 0 Å². The molecular weight excluding hydrogens is 844 g/mol. The van der Waals surface area contributed by atoms with Gasteiger partial charge in [-0.05, 0) is 130 Å². The minimum Gasteiger partial charge on any atom is -0.481 e. The van der Waals surface area contributed by atoms with E-state index in [0.717, 1.165) is 48.5 Å². The summed E-state index contributed by atoms with van der Waals surface area (Å²) in [6.45, 7) is 2.97. The molecule has 0 aliphatic heterocycles. The highest BCUT2D eigenvalue weighted by Gasteiger charge is 2.34. The monoisotopic (exact) mass is 876 g/mol. The zero-order chi connectivity index (χ0) is 46.0. The van der Waals surface area contributed by atoms with Crippen molar-refractivity contribution in [2.75, 3.05) is 0 Å². The fraction of sp³-hybridized carbons (Fsp3) is 0.174. The van der Waals surface area contributed by atoms with Crippen LogP contribution in [0.15, 0.2) is 133 Å². The van der Waals surface area contributed by atoms with E-state index in [2.05, 4.69) is 0 Å². The Morgan fingerprint density at radius 3 is 0.952 bits per heavy atom. The SMILES string of the molecule is CC(C)(C(=O)O)c1ccc(-c2ccc(C(F)(F)F)cc2)c(-c2ccc(C(F)(F)F)cc2)c1.O=C(O)Cc1ccc(-c2ccc(C(F)(F)F)cc2)c(-c2ccc(C(F)(F)F)cc2)c1. The van der Waals surface area contributed by atoms with Crippen LogP contribution >= 0.6 is 0 Å². The summed E-state index contributed by atoms with van der Waals surface area (Å²) in [5, 5.41) is 18.6. The quantitative estimate of drug-likeness (QED) is 0.149. The third-order valence-corrected chi connectivity index (χ3v) is 9.81. The number of carbonyl (C=O) groups is 2. The molecule has 0 radical (unpaired) electrons. The molecule has 0 aliphatic carbocycles. The van der Waals surface area contributed by atoms with Gasteiger partial charge < -0.3 is 10.2 Å². The van der Waals surface area contributed by atoms with E-state index in [1.165, 1.54) is 74.5 Å². The average molecular weight is 877 g/mol. The van der Waals surface area contributed by atoms with Crippen molar-refractivity contribution in [1.29, 1.82) is 0 Å². The summed E-state index contributed by atoms with van der Waals surface area (Å²) in [5.74, 6) is -2.19. The van der Waals surface area contributed by atoms with E-state index in [4.69, 9.17) is 5.11 Å². The summed E-state index contributed by atoms with van der Waals surface area (Å²) < 4.78 is 155. The van der Waals surface area contributed by atoms with Gasteiger partial charge in [-0.25, -0.2) is 0 Å². The van der Waals surface area contributed by atoms with E-state index in [0.29, 0.717) is 55.6 Å². The number of alkyl halides is 12. The van der Waals surface area contributed by atoms with Crippen molar-refractivity contribution in [3.05, 3.63) is 167 Å². The number of hydrogen-bond donors (Lipinski definition) is 2. The van der Waals surface area contributed by atoms with Gasteiger partial charge >= 0.3 is 36.6 Å². The number of carboxylic acids is 2. The van der Waals surface area contributed by atoms with E-state index in [1.54, 1.807) is 24.3 Å². The molecule has 0 saturated heterocycles. The zero-order valence-electron chi connectivity index (χ0n) is 32.2. The molecule has 0 aromatic heterocycles. The number of halogens is 12. The van der Waals surface area contributed by atoms with Gasteiger partial charge in [-0.2, -0.15) is 52.7 Å². The first-order valence-electron chi connectivity index (χ1n) is 18.1. The largest absolute Gasteiger partial charge is 0.481 e. The van der Waals surface area contributed by atoms with Crippen molar-refractivity contribution < 1.29 is 72.5 Å². The van der Waals surface area contributed by atoms with Gasteiger partial charge in [0.25, 0.3) is 0 Å². The highest BCUT2D eigenvalue weighted by atomic mass is 19.4. The number of rotatable bonds is 8. The molecular formula is C46H32F12O4. The highest BCUT2D eigenvalue weighted by molar-refractivity contribution is 5.88. The lowest BCUT2D eigenvalue weighted by Crippen LogP contribution is -2.28. The molecule has 62 heavy (non-hydrogen) atoms. The predicted octanol–water partition coefficient (Wildman–Crippen LogP) is 14.1. The summed E-state index contributed by atoms with van der Waals surface area (Å²) >= 11 is 0. The van der Waals surface area contributed by atoms with Crippen LogP contribution in [-0.2, 0) is 46.1 Å². The van der Waals surface area contributed by atoms with Crippen LogP contribution in [0.4, 0.5) is 52.7 Å². The van der Waals surface area contributed by atoms with Crippen LogP contribution in [0.1, 0.15) is 47.2 Å². The molecule has 4 nitrogen and oxygen atoms in total. The van der Waals surface area contributed by atoms with E-state index in [-0.39, 0.29) is 6.42 Å². The molecule has 6 rings (SSSR count). The Balaban J connectivity index is 0.000000235. The van der Waals surface area contributed by atoms with Gasteiger partial charge in [-0.3, -0.25) is 9.59 Å². The lowest BCUT2D eigenvalue weighted by molar-refractivity contribution is -0.142. The van der Waals surface area contributed by atoms with Crippen LogP contribution in [0.5, 0.6) is 0 Å². The van der Waals surface area contributed by atoms with Gasteiger partial charge in [0, 0.05) is 0 Å². The maximum atomic E-state index is 13.0. The Morgan fingerprint density at radius 1 is 0.387 bits per heavy atom. The Morgan fingerprint density at radius 2 is 0.661 bits per heavy atom. The number of benzene rings is 6. The van der Waals surface area contributed by atoms with Crippen LogP contribution in [0, 0.1) is 0 Å². The van der Waals surface area contributed by atoms with Gasteiger partial charge in [0.1, 0.15) is 0 Å². The third-order valence-electron chi connectivity index (χ3n) is 9.81. The van der Waals surface area contributed by atoms with Gasteiger partial charge in [-0.1, -0.05) is 72.8 Å². The Kier molecular flexibility index (Phi) is 13.1. The van der Waals surface area contributed by atoms with Crippen molar-refractivity contribution in [2.24, 2.45) is 0 Å². The van der Waals surface area contributed by atoms with E-state index < -0.39 is 64.3 Å². The summed E-state index contributed by atoms with van der Waals surface area (Å²) in [4.78, 5) is 22.7. The minimum atomic E-state index is -4.53. The second-order valence-corrected chi connectivity index (χ2v) is 14.4. The van der Waals surface area contributed by atoms with Crippen molar-refractivity contribution in [3.63, 3.8) is 0 Å². The second kappa shape index (κ2) is 17.4. The lowest BCUT2D eigenvalue weighted by atomic mass is 9.81. The Bertz CT molecular complexity index is 2530. The van der Waals surface area contributed by atoms with Crippen LogP contribution in [0.3, 0.4) is 0 Å². The number of hydrogen-bond acceptors (Lipinski definition) is 2. The fourth-order valence-corrected chi connectivity index (χ4v) is 6.27. The fourth-order valence-electron chi connectivity index (χ4n) is 6.27. The molecule has 0 bridgehead atoms. The van der Waals surface area contributed by atoms with Crippen LogP contribution in [0.2, 0.25) is 0 Å². The molecule has 0 amide bonds. The molecule has 0 heterocycles. The highest BCUT2D eigenvalue weighted by Crippen LogP contribution is 2.41. The Hall–Kier alpha value is -6.58.